The lowest BCUT2D eigenvalue weighted by molar-refractivity contribution is -0.118. The molecule has 19 heavy (non-hydrogen) atoms. The second-order valence-electron chi connectivity index (χ2n) is 3.98. The number of amides is 1. The summed E-state index contributed by atoms with van der Waals surface area (Å²) in [6, 6.07) is 4.36. The van der Waals surface area contributed by atoms with E-state index < -0.39 is 5.91 Å². The number of hydrogen-bond donors (Lipinski definition) is 2. The molecule has 1 aromatic carbocycles. The highest BCUT2D eigenvalue weighted by Crippen LogP contribution is 2.16. The number of nitrogens with two attached hydrogens (primary N) is 1. The van der Waals surface area contributed by atoms with E-state index in [1.807, 2.05) is 0 Å². The monoisotopic (exact) mass is 282 g/mol. The van der Waals surface area contributed by atoms with Crippen LogP contribution in [0, 0.1) is 5.82 Å². The van der Waals surface area contributed by atoms with Crippen molar-refractivity contribution in [3.05, 3.63) is 47.0 Å². The van der Waals surface area contributed by atoms with E-state index in [0.29, 0.717) is 16.3 Å². The van der Waals surface area contributed by atoms with Crippen LogP contribution < -0.4 is 11.1 Å². The fraction of sp³-hybridized carbons (Fsp3) is 0.167. The molecule has 7 heteroatoms. The van der Waals surface area contributed by atoms with E-state index in [9.17, 15) is 9.18 Å². The van der Waals surface area contributed by atoms with Gasteiger partial charge < -0.3 is 11.1 Å². The molecule has 0 spiro atoms. The molecular formula is C12H12ClFN4O. The molecule has 0 radical (unpaired) electrons. The van der Waals surface area contributed by atoms with E-state index in [4.69, 9.17) is 17.3 Å². The van der Waals surface area contributed by atoms with Crippen molar-refractivity contribution in [3.63, 3.8) is 0 Å². The molecule has 0 atom stereocenters. The van der Waals surface area contributed by atoms with Crippen molar-refractivity contribution in [2.24, 2.45) is 5.73 Å². The number of hydrogen-bond acceptors (Lipinski definition) is 3. The molecule has 0 saturated heterocycles. The average molecular weight is 283 g/mol. The van der Waals surface area contributed by atoms with Gasteiger partial charge in [-0.05, 0) is 18.2 Å². The van der Waals surface area contributed by atoms with Crippen LogP contribution in [0.15, 0.2) is 30.6 Å². The highest BCUT2D eigenvalue weighted by molar-refractivity contribution is 6.30. The molecule has 0 unspecified atom stereocenters. The fourth-order valence-electron chi connectivity index (χ4n) is 1.58. The first-order chi connectivity index (χ1) is 9.04. The van der Waals surface area contributed by atoms with Gasteiger partial charge in [0.15, 0.2) is 0 Å². The number of halogens is 2. The molecule has 0 fully saturated rings. The van der Waals surface area contributed by atoms with Crippen molar-refractivity contribution >= 4 is 23.2 Å². The lowest BCUT2D eigenvalue weighted by atomic mass is 10.2. The normalized spacial score (nSPS) is 10.4. The highest BCUT2D eigenvalue weighted by atomic mass is 35.5. The number of nitrogens with zero attached hydrogens (tertiary/aromatic N) is 2. The van der Waals surface area contributed by atoms with Gasteiger partial charge in [0.25, 0.3) is 0 Å². The van der Waals surface area contributed by atoms with Gasteiger partial charge in [0.05, 0.1) is 11.9 Å². The molecule has 0 aliphatic heterocycles. The van der Waals surface area contributed by atoms with Crippen molar-refractivity contribution in [2.75, 3.05) is 5.32 Å². The first-order valence-corrected chi connectivity index (χ1v) is 5.91. The minimum absolute atomic E-state index is 0.00715. The topological polar surface area (TPSA) is 72.9 Å². The van der Waals surface area contributed by atoms with Crippen LogP contribution in [0.1, 0.15) is 5.56 Å². The minimum atomic E-state index is -0.476. The van der Waals surface area contributed by atoms with Gasteiger partial charge in [0.2, 0.25) is 5.91 Å². The van der Waals surface area contributed by atoms with E-state index in [1.165, 1.54) is 23.0 Å². The Bertz CT molecular complexity index is 599. The van der Waals surface area contributed by atoms with Crippen molar-refractivity contribution in [1.29, 1.82) is 0 Å². The van der Waals surface area contributed by atoms with Gasteiger partial charge in [-0.15, -0.1) is 0 Å². The molecule has 3 N–H and O–H groups in total. The van der Waals surface area contributed by atoms with Crippen LogP contribution in [0.2, 0.25) is 5.02 Å². The second-order valence-corrected chi connectivity index (χ2v) is 4.42. The summed E-state index contributed by atoms with van der Waals surface area (Å²) in [6.45, 7) is 0.280. The van der Waals surface area contributed by atoms with Crippen LogP contribution in [-0.4, -0.2) is 15.7 Å². The molecule has 100 valence electrons. The molecular weight excluding hydrogens is 271 g/mol. The first-order valence-electron chi connectivity index (χ1n) is 5.53. The van der Waals surface area contributed by atoms with Crippen molar-refractivity contribution in [1.82, 2.24) is 9.78 Å². The maximum Gasteiger partial charge on any atom is 0.239 e. The number of anilines is 1. The summed E-state index contributed by atoms with van der Waals surface area (Å²) in [5.74, 6) is -0.808. The number of aromatic nitrogens is 2. The summed E-state index contributed by atoms with van der Waals surface area (Å²) in [6.07, 6.45) is 3.15. The molecule has 0 aliphatic carbocycles. The van der Waals surface area contributed by atoms with Crippen LogP contribution in [0.25, 0.3) is 0 Å². The quantitative estimate of drug-likeness (QED) is 0.878. The molecule has 5 nitrogen and oxygen atoms in total. The standard InChI is InChI=1S/C12H12ClFN4O/c13-9-1-2-11(14)8(3-9)4-16-10-5-17-18(6-10)7-12(15)19/h1-3,5-6,16H,4,7H2,(H2,15,19). The lowest BCUT2D eigenvalue weighted by Crippen LogP contribution is -2.18. The van der Waals surface area contributed by atoms with Gasteiger partial charge in [-0.2, -0.15) is 5.10 Å². The number of benzene rings is 1. The molecule has 0 bridgehead atoms. The zero-order valence-electron chi connectivity index (χ0n) is 9.94. The Morgan fingerprint density at radius 3 is 3.05 bits per heavy atom. The number of nitrogens with one attached hydrogen (secondary N) is 1. The molecule has 1 heterocycles. The summed E-state index contributed by atoms with van der Waals surface area (Å²) in [7, 11) is 0. The van der Waals surface area contributed by atoms with Crippen LogP contribution >= 0.6 is 11.6 Å². The molecule has 1 amide bonds. The Hall–Kier alpha value is -2.08. The summed E-state index contributed by atoms with van der Waals surface area (Å²) < 4.78 is 14.9. The van der Waals surface area contributed by atoms with Gasteiger partial charge >= 0.3 is 0 Å². The summed E-state index contributed by atoms with van der Waals surface area (Å²) in [5.41, 5.74) is 6.17. The van der Waals surface area contributed by atoms with E-state index in [0.717, 1.165) is 0 Å². The third kappa shape index (κ3) is 3.69. The van der Waals surface area contributed by atoms with Gasteiger partial charge in [-0.3, -0.25) is 9.48 Å². The third-order valence-corrected chi connectivity index (χ3v) is 2.68. The molecule has 2 rings (SSSR count). The van der Waals surface area contributed by atoms with Gasteiger partial charge in [0.1, 0.15) is 12.4 Å². The van der Waals surface area contributed by atoms with Gasteiger partial charge in [0, 0.05) is 23.3 Å². The van der Waals surface area contributed by atoms with Crippen molar-refractivity contribution in [2.45, 2.75) is 13.1 Å². The Morgan fingerprint density at radius 2 is 2.32 bits per heavy atom. The molecule has 0 aliphatic rings. The average Bonchev–Trinajstić information content (AvgIpc) is 2.77. The van der Waals surface area contributed by atoms with E-state index in [1.54, 1.807) is 12.3 Å². The van der Waals surface area contributed by atoms with Crippen molar-refractivity contribution < 1.29 is 9.18 Å². The Labute approximate surface area is 114 Å². The number of carbonyl (C=O) groups excluding carboxylic acids is 1. The smallest absolute Gasteiger partial charge is 0.239 e. The predicted octanol–water partition coefficient (Wildman–Crippen LogP) is 1.77. The Balaban J connectivity index is 2.00. The summed E-state index contributed by atoms with van der Waals surface area (Å²) in [4.78, 5) is 10.7. The maximum absolute atomic E-state index is 13.5. The maximum atomic E-state index is 13.5. The van der Waals surface area contributed by atoms with E-state index in [2.05, 4.69) is 10.4 Å². The zero-order valence-corrected chi connectivity index (χ0v) is 10.7. The minimum Gasteiger partial charge on any atom is -0.378 e. The van der Waals surface area contributed by atoms with E-state index >= 15 is 0 Å². The van der Waals surface area contributed by atoms with Crippen LogP contribution in [-0.2, 0) is 17.9 Å². The van der Waals surface area contributed by atoms with Crippen LogP contribution in [0.4, 0.5) is 10.1 Å². The summed E-state index contributed by atoms with van der Waals surface area (Å²) >= 11 is 5.80. The largest absolute Gasteiger partial charge is 0.378 e. The summed E-state index contributed by atoms with van der Waals surface area (Å²) in [5, 5.41) is 7.41. The van der Waals surface area contributed by atoms with Gasteiger partial charge in [-0.25, -0.2) is 4.39 Å². The third-order valence-electron chi connectivity index (χ3n) is 2.44. The predicted molar refractivity (Wildman–Crippen MR) is 70.2 cm³/mol. The Morgan fingerprint density at radius 1 is 1.53 bits per heavy atom. The second kappa shape index (κ2) is 5.71. The van der Waals surface area contributed by atoms with Crippen LogP contribution in [0.5, 0.6) is 0 Å². The van der Waals surface area contributed by atoms with E-state index in [-0.39, 0.29) is 18.9 Å². The van der Waals surface area contributed by atoms with Gasteiger partial charge in [-0.1, -0.05) is 11.6 Å². The van der Waals surface area contributed by atoms with Crippen molar-refractivity contribution in [3.8, 4) is 0 Å². The number of carbonyl (C=O) groups is 1. The number of rotatable bonds is 5. The fourth-order valence-corrected chi connectivity index (χ4v) is 1.77. The highest BCUT2D eigenvalue weighted by Gasteiger charge is 2.05. The molecule has 0 saturated carbocycles. The van der Waals surface area contributed by atoms with Crippen LogP contribution in [0.3, 0.4) is 0 Å². The SMILES string of the molecule is NC(=O)Cn1cc(NCc2cc(Cl)ccc2F)cn1. The first kappa shape index (κ1) is 13.4. The zero-order chi connectivity index (χ0) is 13.8. The number of primary amides is 1. The molecule has 1 aromatic heterocycles. The Kier molecular flexibility index (Phi) is 4.01. The lowest BCUT2D eigenvalue weighted by Gasteiger charge is -2.05. The molecule has 2 aromatic rings.